The Morgan fingerprint density at radius 2 is 2.33 bits per heavy atom. The minimum absolute atomic E-state index is 0.110. The molecule has 4 heteroatoms. The molecule has 0 saturated carbocycles. The van der Waals surface area contributed by atoms with Gasteiger partial charge in [0.2, 0.25) is 0 Å². The van der Waals surface area contributed by atoms with Gasteiger partial charge in [-0.25, -0.2) is 0 Å². The fourth-order valence-corrected chi connectivity index (χ4v) is 1.06. The van der Waals surface area contributed by atoms with Gasteiger partial charge < -0.3 is 10.3 Å². The van der Waals surface area contributed by atoms with Crippen molar-refractivity contribution in [2.75, 3.05) is 6.54 Å². The van der Waals surface area contributed by atoms with E-state index in [2.05, 4.69) is 22.1 Å². The predicted octanol–water partition coefficient (Wildman–Crippen LogP) is 0.436. The molecule has 78 valence electrons. The van der Waals surface area contributed by atoms with Gasteiger partial charge in [0.1, 0.15) is 5.56 Å². The lowest BCUT2D eigenvalue weighted by atomic mass is 10.2. The summed E-state index contributed by atoms with van der Waals surface area (Å²) < 4.78 is 0. The summed E-state index contributed by atoms with van der Waals surface area (Å²) >= 11 is 0. The molecule has 0 spiro atoms. The third-order valence-electron chi connectivity index (χ3n) is 1.82. The van der Waals surface area contributed by atoms with Gasteiger partial charge in [-0.1, -0.05) is 5.92 Å². The monoisotopic (exact) mass is 204 g/mol. The zero-order valence-corrected chi connectivity index (χ0v) is 8.68. The molecule has 1 rings (SSSR count). The standard InChI is InChI=1S/C11H12N2O2/c1-3-4-5-12-11(15)9-7-13-8(2)6-10(9)14/h6-7H,5H2,1-2H3,(H,12,15)(H,13,14). The molecule has 0 atom stereocenters. The van der Waals surface area contributed by atoms with Crippen molar-refractivity contribution in [2.45, 2.75) is 13.8 Å². The van der Waals surface area contributed by atoms with E-state index in [1.165, 1.54) is 12.3 Å². The van der Waals surface area contributed by atoms with Gasteiger partial charge in [0.25, 0.3) is 5.91 Å². The van der Waals surface area contributed by atoms with E-state index in [1.54, 1.807) is 13.8 Å². The Morgan fingerprint density at radius 3 is 2.93 bits per heavy atom. The summed E-state index contributed by atoms with van der Waals surface area (Å²) in [6.45, 7) is 3.69. The number of amides is 1. The first-order valence-corrected chi connectivity index (χ1v) is 4.52. The molecule has 0 fully saturated rings. The maximum atomic E-state index is 11.5. The maximum Gasteiger partial charge on any atom is 0.257 e. The van der Waals surface area contributed by atoms with Crippen LogP contribution in [0.5, 0.6) is 0 Å². The molecule has 0 unspecified atom stereocenters. The number of aryl methyl sites for hydroxylation is 1. The van der Waals surface area contributed by atoms with Crippen LogP contribution in [0.15, 0.2) is 17.1 Å². The number of carbonyl (C=O) groups is 1. The average Bonchev–Trinajstić information content (AvgIpc) is 2.17. The number of H-pyrrole nitrogens is 1. The number of hydrogen-bond donors (Lipinski definition) is 2. The molecular weight excluding hydrogens is 192 g/mol. The van der Waals surface area contributed by atoms with Crippen LogP contribution in [0.25, 0.3) is 0 Å². The summed E-state index contributed by atoms with van der Waals surface area (Å²) in [7, 11) is 0. The van der Waals surface area contributed by atoms with Crippen LogP contribution in [0.4, 0.5) is 0 Å². The van der Waals surface area contributed by atoms with Gasteiger partial charge in [-0.05, 0) is 13.8 Å². The molecule has 0 aliphatic rings. The van der Waals surface area contributed by atoms with Gasteiger partial charge in [-0.15, -0.1) is 5.92 Å². The lowest BCUT2D eigenvalue weighted by molar-refractivity contribution is 0.0957. The number of aromatic nitrogens is 1. The Morgan fingerprint density at radius 1 is 1.60 bits per heavy atom. The number of rotatable bonds is 2. The molecule has 4 nitrogen and oxygen atoms in total. The first-order chi connectivity index (χ1) is 7.15. The van der Waals surface area contributed by atoms with Gasteiger partial charge >= 0.3 is 0 Å². The van der Waals surface area contributed by atoms with Crippen molar-refractivity contribution in [3.63, 3.8) is 0 Å². The quantitative estimate of drug-likeness (QED) is 0.686. The Hall–Kier alpha value is -2.02. The lowest BCUT2D eigenvalue weighted by Gasteiger charge is -2.00. The van der Waals surface area contributed by atoms with Crippen LogP contribution in [0.2, 0.25) is 0 Å². The Labute approximate surface area is 87.7 Å². The molecule has 0 aliphatic heterocycles. The maximum absolute atomic E-state index is 11.5. The van der Waals surface area contributed by atoms with Gasteiger partial charge in [-0.3, -0.25) is 9.59 Å². The van der Waals surface area contributed by atoms with E-state index >= 15 is 0 Å². The number of pyridine rings is 1. The van der Waals surface area contributed by atoms with E-state index in [1.807, 2.05) is 0 Å². The summed E-state index contributed by atoms with van der Waals surface area (Å²) in [5, 5.41) is 2.53. The Balaban J connectivity index is 2.81. The molecule has 0 aromatic carbocycles. The third-order valence-corrected chi connectivity index (χ3v) is 1.82. The fourth-order valence-electron chi connectivity index (χ4n) is 1.06. The molecule has 0 aliphatic carbocycles. The molecular formula is C11H12N2O2. The number of nitrogens with one attached hydrogen (secondary N) is 2. The zero-order chi connectivity index (χ0) is 11.3. The third kappa shape index (κ3) is 2.99. The van der Waals surface area contributed by atoms with Crippen LogP contribution in [0, 0.1) is 18.8 Å². The van der Waals surface area contributed by atoms with Crippen molar-refractivity contribution in [2.24, 2.45) is 0 Å². The molecule has 0 radical (unpaired) electrons. The number of carbonyl (C=O) groups excluding carboxylic acids is 1. The second-order valence-corrected chi connectivity index (χ2v) is 3.00. The van der Waals surface area contributed by atoms with Crippen LogP contribution in [-0.2, 0) is 0 Å². The molecule has 1 aromatic heterocycles. The second-order valence-electron chi connectivity index (χ2n) is 3.00. The number of hydrogen-bond acceptors (Lipinski definition) is 2. The summed E-state index contributed by atoms with van der Waals surface area (Å²) in [6, 6.07) is 1.39. The van der Waals surface area contributed by atoms with Gasteiger partial charge in [-0.2, -0.15) is 0 Å². The number of aromatic amines is 1. The molecule has 1 aromatic rings. The highest BCUT2D eigenvalue weighted by molar-refractivity contribution is 5.93. The van der Waals surface area contributed by atoms with Crippen LogP contribution < -0.4 is 10.7 Å². The lowest BCUT2D eigenvalue weighted by Crippen LogP contribution is -2.28. The highest BCUT2D eigenvalue weighted by Gasteiger charge is 2.08. The Bertz CT molecular complexity index is 477. The van der Waals surface area contributed by atoms with E-state index < -0.39 is 5.91 Å². The predicted molar refractivity (Wildman–Crippen MR) is 57.6 cm³/mol. The van der Waals surface area contributed by atoms with Crippen LogP contribution in [0.3, 0.4) is 0 Å². The van der Waals surface area contributed by atoms with E-state index in [-0.39, 0.29) is 17.5 Å². The van der Waals surface area contributed by atoms with Crippen molar-refractivity contribution < 1.29 is 4.79 Å². The molecule has 1 amide bonds. The summed E-state index contributed by atoms with van der Waals surface area (Å²) in [5.74, 6) is 4.93. The summed E-state index contributed by atoms with van der Waals surface area (Å²) in [5.41, 5.74) is 0.552. The fraction of sp³-hybridized carbons (Fsp3) is 0.273. The van der Waals surface area contributed by atoms with E-state index in [0.717, 1.165) is 5.69 Å². The van der Waals surface area contributed by atoms with Crippen molar-refractivity contribution in [3.8, 4) is 11.8 Å². The van der Waals surface area contributed by atoms with Crippen molar-refractivity contribution in [3.05, 3.63) is 33.7 Å². The molecule has 2 N–H and O–H groups in total. The minimum atomic E-state index is -0.404. The highest BCUT2D eigenvalue weighted by atomic mass is 16.2. The first kappa shape index (κ1) is 11.1. The van der Waals surface area contributed by atoms with Crippen LogP contribution >= 0.6 is 0 Å². The normalized spacial score (nSPS) is 8.93. The SMILES string of the molecule is CC#CCNC(=O)c1c[nH]c(C)cc1=O. The smallest absolute Gasteiger partial charge is 0.257 e. The van der Waals surface area contributed by atoms with E-state index in [0.29, 0.717) is 0 Å². The highest BCUT2D eigenvalue weighted by Crippen LogP contribution is 1.91. The topological polar surface area (TPSA) is 62.0 Å². The molecule has 15 heavy (non-hydrogen) atoms. The van der Waals surface area contributed by atoms with Crippen molar-refractivity contribution >= 4 is 5.91 Å². The van der Waals surface area contributed by atoms with Gasteiger partial charge in [0.15, 0.2) is 5.43 Å². The van der Waals surface area contributed by atoms with Crippen molar-refractivity contribution in [1.82, 2.24) is 10.3 Å². The van der Waals surface area contributed by atoms with Gasteiger partial charge in [0, 0.05) is 18.0 Å². The van der Waals surface area contributed by atoms with E-state index in [4.69, 9.17) is 0 Å². The zero-order valence-electron chi connectivity index (χ0n) is 8.68. The summed E-state index contributed by atoms with van der Waals surface area (Å²) in [6.07, 6.45) is 1.41. The van der Waals surface area contributed by atoms with Gasteiger partial charge in [0.05, 0.1) is 6.54 Å². The molecule has 0 saturated heterocycles. The van der Waals surface area contributed by atoms with Crippen molar-refractivity contribution in [1.29, 1.82) is 0 Å². The average molecular weight is 204 g/mol. The molecule has 0 bridgehead atoms. The minimum Gasteiger partial charge on any atom is -0.364 e. The molecule has 1 heterocycles. The second kappa shape index (κ2) is 5.01. The first-order valence-electron chi connectivity index (χ1n) is 4.52. The van der Waals surface area contributed by atoms with E-state index in [9.17, 15) is 9.59 Å². The summed E-state index contributed by atoms with van der Waals surface area (Å²) in [4.78, 5) is 25.7. The van der Waals surface area contributed by atoms with Crippen LogP contribution in [0.1, 0.15) is 23.0 Å². The Kier molecular flexibility index (Phi) is 3.69. The van der Waals surface area contributed by atoms with Crippen LogP contribution in [-0.4, -0.2) is 17.4 Å². The largest absolute Gasteiger partial charge is 0.364 e.